The van der Waals surface area contributed by atoms with Crippen molar-refractivity contribution in [2.24, 2.45) is 10.9 Å². The smallest absolute Gasteiger partial charge is 0.219 e. The molecule has 2 N–H and O–H groups in total. The van der Waals surface area contributed by atoms with Gasteiger partial charge in [-0.1, -0.05) is 5.18 Å². The Kier molecular flexibility index (Phi) is 2.76. The van der Waals surface area contributed by atoms with Crippen LogP contribution >= 0.6 is 0 Å². The molecular weight excluding hydrogens is 108 g/mol. The van der Waals surface area contributed by atoms with Crippen molar-refractivity contribution in [3.63, 3.8) is 0 Å². The average Bonchev–Trinajstić information content (AvgIpc) is 1.65. The van der Waals surface area contributed by atoms with Crippen LogP contribution in [0.25, 0.3) is 0 Å². The molecule has 8 heavy (non-hydrogen) atoms. The maximum absolute atomic E-state index is 9.99. The third kappa shape index (κ3) is 3.27. The predicted octanol–water partition coefficient (Wildman–Crippen LogP) is 0.0167. The van der Waals surface area contributed by atoms with E-state index in [9.17, 15) is 9.70 Å². The van der Waals surface area contributed by atoms with E-state index < -0.39 is 11.9 Å². The van der Waals surface area contributed by atoms with E-state index in [2.05, 4.69) is 5.18 Å². The molecule has 46 valence electrons. The van der Waals surface area contributed by atoms with Gasteiger partial charge < -0.3 is 5.73 Å². The fraction of sp³-hybridized carbons (Fsp3) is 0.750. The Bertz CT molecular complexity index is 102. The van der Waals surface area contributed by atoms with Gasteiger partial charge in [-0.15, -0.1) is 0 Å². The summed E-state index contributed by atoms with van der Waals surface area (Å²) in [5.74, 6) is -0.489. The van der Waals surface area contributed by atoms with Crippen LogP contribution in [0.5, 0.6) is 0 Å². The topological polar surface area (TPSA) is 72.5 Å². The monoisotopic (exact) mass is 116 g/mol. The van der Waals surface area contributed by atoms with E-state index in [0.717, 1.165) is 0 Å². The molecule has 0 heterocycles. The first-order valence-electron chi connectivity index (χ1n) is 2.27. The second-order valence-electron chi connectivity index (χ2n) is 1.62. The number of amides is 1. The van der Waals surface area contributed by atoms with E-state index in [0.29, 0.717) is 0 Å². The minimum absolute atomic E-state index is 0.0451. The van der Waals surface area contributed by atoms with E-state index in [1.807, 2.05) is 0 Å². The zero-order valence-electron chi connectivity index (χ0n) is 4.63. The van der Waals surface area contributed by atoms with E-state index in [4.69, 9.17) is 5.73 Å². The highest BCUT2D eigenvalue weighted by Crippen LogP contribution is 1.92. The van der Waals surface area contributed by atoms with Gasteiger partial charge in [0.05, 0.1) is 12.5 Å². The van der Waals surface area contributed by atoms with Gasteiger partial charge in [-0.25, -0.2) is 0 Å². The van der Waals surface area contributed by atoms with Crippen LogP contribution in [0.1, 0.15) is 13.3 Å². The molecule has 4 heteroatoms. The van der Waals surface area contributed by atoms with Crippen molar-refractivity contribution >= 4 is 5.91 Å². The second kappa shape index (κ2) is 3.12. The standard InChI is InChI=1S/C4H8N2O2/c1-3(6-8)2-4(5)7/h3H,2H2,1H3,(H2,5,7)/t3-/m1/s1. The highest BCUT2D eigenvalue weighted by Gasteiger charge is 2.02. The Balaban J connectivity index is 3.38. The zero-order valence-corrected chi connectivity index (χ0v) is 4.63. The number of nitrogens with zero attached hydrogens (tertiary/aromatic N) is 1. The molecule has 0 aromatic carbocycles. The van der Waals surface area contributed by atoms with E-state index in [1.165, 1.54) is 6.92 Å². The lowest BCUT2D eigenvalue weighted by molar-refractivity contribution is -0.118. The summed E-state index contributed by atoms with van der Waals surface area (Å²) in [6.45, 7) is 1.54. The molecule has 0 aromatic rings. The van der Waals surface area contributed by atoms with Crippen molar-refractivity contribution < 1.29 is 4.79 Å². The predicted molar refractivity (Wildman–Crippen MR) is 29.1 cm³/mol. The maximum atomic E-state index is 9.99. The second-order valence-corrected chi connectivity index (χ2v) is 1.62. The molecule has 4 nitrogen and oxygen atoms in total. The summed E-state index contributed by atoms with van der Waals surface area (Å²) in [6.07, 6.45) is 0.0451. The quantitative estimate of drug-likeness (QED) is 0.528. The molecule has 0 aromatic heterocycles. The Labute approximate surface area is 47.0 Å². The van der Waals surface area contributed by atoms with E-state index >= 15 is 0 Å². The molecule has 0 saturated heterocycles. The molecule has 0 bridgehead atoms. The highest BCUT2D eigenvalue weighted by molar-refractivity contribution is 5.74. The van der Waals surface area contributed by atoms with Gasteiger partial charge >= 0.3 is 0 Å². The summed E-state index contributed by atoms with van der Waals surface area (Å²) in [7, 11) is 0. The van der Waals surface area contributed by atoms with Crippen LogP contribution < -0.4 is 5.73 Å². The van der Waals surface area contributed by atoms with Crippen LogP contribution in [-0.4, -0.2) is 11.9 Å². The minimum Gasteiger partial charge on any atom is -0.370 e. The SMILES string of the molecule is C[C@H](CC(N)=O)N=O. The number of primary amides is 1. The van der Waals surface area contributed by atoms with Crippen LogP contribution in [0.3, 0.4) is 0 Å². The lowest BCUT2D eigenvalue weighted by Crippen LogP contribution is -2.15. The first kappa shape index (κ1) is 7.07. The molecule has 1 atom stereocenters. The fourth-order valence-corrected chi connectivity index (χ4v) is 0.328. The van der Waals surface area contributed by atoms with Crippen LogP contribution in [0.15, 0.2) is 5.18 Å². The Morgan fingerprint density at radius 2 is 2.38 bits per heavy atom. The van der Waals surface area contributed by atoms with Crippen molar-refractivity contribution in [1.29, 1.82) is 0 Å². The van der Waals surface area contributed by atoms with Gasteiger partial charge in [-0.3, -0.25) is 4.79 Å². The minimum atomic E-state index is -0.489. The number of rotatable bonds is 3. The molecule has 0 aliphatic heterocycles. The molecular formula is C4H8N2O2. The van der Waals surface area contributed by atoms with Crippen molar-refractivity contribution in [3.8, 4) is 0 Å². The van der Waals surface area contributed by atoms with Crippen LogP contribution in [0.2, 0.25) is 0 Å². The van der Waals surface area contributed by atoms with Crippen LogP contribution in [0, 0.1) is 4.91 Å². The number of hydrogen-bond acceptors (Lipinski definition) is 3. The lowest BCUT2D eigenvalue weighted by atomic mass is 10.2. The Morgan fingerprint density at radius 3 is 2.50 bits per heavy atom. The summed E-state index contributed by atoms with van der Waals surface area (Å²) in [4.78, 5) is 19.6. The molecule has 0 unspecified atom stereocenters. The van der Waals surface area contributed by atoms with Gasteiger partial charge in [0.15, 0.2) is 0 Å². The molecule has 0 rings (SSSR count). The van der Waals surface area contributed by atoms with E-state index in [1.54, 1.807) is 0 Å². The molecule has 0 aliphatic rings. The molecule has 0 fully saturated rings. The Morgan fingerprint density at radius 1 is 1.88 bits per heavy atom. The number of carbonyl (C=O) groups excluding carboxylic acids is 1. The average molecular weight is 116 g/mol. The molecule has 0 spiro atoms. The first-order valence-corrected chi connectivity index (χ1v) is 2.27. The molecule has 1 amide bonds. The van der Waals surface area contributed by atoms with Gasteiger partial charge in [0.1, 0.15) is 0 Å². The third-order valence-electron chi connectivity index (χ3n) is 0.677. The summed E-state index contributed by atoms with van der Waals surface area (Å²) < 4.78 is 0. The lowest BCUT2D eigenvalue weighted by Gasteiger charge is -1.93. The largest absolute Gasteiger partial charge is 0.370 e. The number of hydrogen-bond donors (Lipinski definition) is 1. The summed E-state index contributed by atoms with van der Waals surface area (Å²) in [5, 5.41) is 2.58. The maximum Gasteiger partial charge on any atom is 0.219 e. The van der Waals surface area contributed by atoms with Crippen molar-refractivity contribution in [2.45, 2.75) is 19.4 Å². The molecule has 0 saturated carbocycles. The summed E-state index contributed by atoms with van der Waals surface area (Å²) in [5.41, 5.74) is 4.73. The van der Waals surface area contributed by atoms with Crippen LogP contribution in [-0.2, 0) is 4.79 Å². The molecule has 0 aliphatic carbocycles. The van der Waals surface area contributed by atoms with E-state index in [-0.39, 0.29) is 6.42 Å². The normalized spacial score (nSPS) is 12.6. The van der Waals surface area contributed by atoms with Gasteiger partial charge in [-0.05, 0) is 6.92 Å². The number of nitrogens with two attached hydrogens (primary N) is 1. The molecule has 0 radical (unpaired) electrons. The van der Waals surface area contributed by atoms with Crippen molar-refractivity contribution in [1.82, 2.24) is 0 Å². The van der Waals surface area contributed by atoms with Gasteiger partial charge in [0, 0.05) is 0 Å². The van der Waals surface area contributed by atoms with Crippen LogP contribution in [0.4, 0.5) is 0 Å². The van der Waals surface area contributed by atoms with Gasteiger partial charge in [0.2, 0.25) is 5.91 Å². The first-order chi connectivity index (χ1) is 3.66. The third-order valence-corrected chi connectivity index (χ3v) is 0.677. The summed E-state index contributed by atoms with van der Waals surface area (Å²) in [6, 6.07) is -0.479. The number of carbonyl (C=O) groups is 1. The van der Waals surface area contributed by atoms with Gasteiger partial charge in [-0.2, -0.15) is 4.91 Å². The number of nitroso groups, excluding NO2 is 1. The van der Waals surface area contributed by atoms with Gasteiger partial charge in [0.25, 0.3) is 0 Å². The highest BCUT2D eigenvalue weighted by atomic mass is 16.3. The summed E-state index contributed by atoms with van der Waals surface area (Å²) >= 11 is 0. The Hall–Kier alpha value is -0.930. The van der Waals surface area contributed by atoms with Crippen molar-refractivity contribution in [3.05, 3.63) is 4.91 Å². The van der Waals surface area contributed by atoms with Crippen molar-refractivity contribution in [2.75, 3.05) is 0 Å². The zero-order chi connectivity index (χ0) is 6.57. The fourth-order valence-electron chi connectivity index (χ4n) is 0.328.